The molecule has 0 saturated carbocycles. The first-order valence-electron chi connectivity index (χ1n) is 3.93. The Bertz CT molecular complexity index is 353. The van der Waals surface area contributed by atoms with Gasteiger partial charge in [0.1, 0.15) is 6.29 Å². The van der Waals surface area contributed by atoms with Gasteiger partial charge in [0.15, 0.2) is 5.78 Å². The van der Waals surface area contributed by atoms with Crippen LogP contribution in [0.25, 0.3) is 0 Å². The number of ketones is 1. The van der Waals surface area contributed by atoms with Crippen molar-refractivity contribution >= 4 is 12.1 Å². The van der Waals surface area contributed by atoms with Crippen molar-refractivity contribution in [3.8, 4) is 0 Å². The molecule has 0 unspecified atom stereocenters. The van der Waals surface area contributed by atoms with E-state index in [1.807, 2.05) is 0 Å². The first kappa shape index (κ1) is 7.22. The lowest BCUT2D eigenvalue weighted by atomic mass is 10.0. The normalized spacial score (nSPS) is 14.5. The number of aldehydes is 1. The summed E-state index contributed by atoms with van der Waals surface area (Å²) in [5.74, 6) is 0.161. The van der Waals surface area contributed by atoms with E-state index in [0.717, 1.165) is 23.8 Å². The molecule has 0 N–H and O–H groups in total. The van der Waals surface area contributed by atoms with Gasteiger partial charge < -0.3 is 0 Å². The quantitative estimate of drug-likeness (QED) is 0.585. The van der Waals surface area contributed by atoms with Gasteiger partial charge in [0.05, 0.1) is 0 Å². The van der Waals surface area contributed by atoms with Gasteiger partial charge in [-0.05, 0) is 12.0 Å². The zero-order valence-electron chi connectivity index (χ0n) is 6.54. The summed E-state index contributed by atoms with van der Waals surface area (Å²) in [6, 6.07) is 5.30. The van der Waals surface area contributed by atoms with Gasteiger partial charge in [-0.2, -0.15) is 0 Å². The standard InChI is InChI=1S/C10H8O2/c11-6-7-2-1-3-9-8(7)4-5-10(9)12/h1-3,6H,4-5H2. The molecule has 60 valence electrons. The van der Waals surface area contributed by atoms with Gasteiger partial charge in [-0.3, -0.25) is 9.59 Å². The smallest absolute Gasteiger partial charge is 0.163 e. The van der Waals surface area contributed by atoms with E-state index in [2.05, 4.69) is 0 Å². The Labute approximate surface area is 70.2 Å². The average molecular weight is 160 g/mol. The highest BCUT2D eigenvalue weighted by molar-refractivity contribution is 6.02. The Hall–Kier alpha value is -1.44. The SMILES string of the molecule is O=Cc1cccc2c1CCC2=O. The van der Waals surface area contributed by atoms with Gasteiger partial charge >= 0.3 is 0 Å². The van der Waals surface area contributed by atoms with Crippen LogP contribution in [0.5, 0.6) is 0 Å². The number of hydrogen-bond acceptors (Lipinski definition) is 2. The van der Waals surface area contributed by atoms with Crippen molar-refractivity contribution in [1.82, 2.24) is 0 Å². The minimum Gasteiger partial charge on any atom is -0.298 e. The molecule has 2 nitrogen and oxygen atoms in total. The summed E-state index contributed by atoms with van der Waals surface area (Å²) in [4.78, 5) is 21.8. The summed E-state index contributed by atoms with van der Waals surface area (Å²) in [5.41, 5.74) is 2.33. The van der Waals surface area contributed by atoms with E-state index in [1.54, 1.807) is 18.2 Å². The van der Waals surface area contributed by atoms with Crippen molar-refractivity contribution in [3.63, 3.8) is 0 Å². The van der Waals surface area contributed by atoms with Gasteiger partial charge in [0, 0.05) is 17.5 Å². The number of rotatable bonds is 1. The molecule has 2 rings (SSSR count). The summed E-state index contributed by atoms with van der Waals surface area (Å²) < 4.78 is 0. The molecular weight excluding hydrogens is 152 g/mol. The second-order valence-electron chi connectivity index (χ2n) is 2.91. The van der Waals surface area contributed by atoms with Gasteiger partial charge in [0.25, 0.3) is 0 Å². The van der Waals surface area contributed by atoms with Crippen LogP contribution < -0.4 is 0 Å². The second-order valence-corrected chi connectivity index (χ2v) is 2.91. The highest BCUT2D eigenvalue weighted by Gasteiger charge is 2.20. The van der Waals surface area contributed by atoms with Gasteiger partial charge in [-0.25, -0.2) is 0 Å². The predicted molar refractivity (Wildman–Crippen MR) is 44.5 cm³/mol. The lowest BCUT2D eigenvalue weighted by molar-refractivity contribution is 0.0994. The Morgan fingerprint density at radius 3 is 2.83 bits per heavy atom. The number of hydrogen-bond donors (Lipinski definition) is 0. The molecule has 2 heteroatoms. The molecule has 0 saturated heterocycles. The van der Waals surface area contributed by atoms with Gasteiger partial charge in [-0.1, -0.05) is 18.2 Å². The van der Waals surface area contributed by atoms with E-state index >= 15 is 0 Å². The van der Waals surface area contributed by atoms with Crippen LogP contribution in [0.1, 0.15) is 32.7 Å². The first-order valence-corrected chi connectivity index (χ1v) is 3.93. The molecule has 1 aliphatic carbocycles. The highest BCUT2D eigenvalue weighted by atomic mass is 16.1. The van der Waals surface area contributed by atoms with Crippen LogP contribution in [-0.4, -0.2) is 12.1 Å². The van der Waals surface area contributed by atoms with Crippen molar-refractivity contribution in [2.24, 2.45) is 0 Å². The molecule has 12 heavy (non-hydrogen) atoms. The molecule has 0 aliphatic heterocycles. The molecule has 0 spiro atoms. The van der Waals surface area contributed by atoms with Crippen LogP contribution in [-0.2, 0) is 6.42 Å². The third-order valence-corrected chi connectivity index (χ3v) is 2.24. The summed E-state index contributed by atoms with van der Waals surface area (Å²) in [7, 11) is 0. The Morgan fingerprint density at radius 1 is 1.25 bits per heavy atom. The van der Waals surface area contributed by atoms with Gasteiger partial charge in [0.2, 0.25) is 0 Å². The topological polar surface area (TPSA) is 34.1 Å². The third kappa shape index (κ3) is 0.881. The van der Waals surface area contributed by atoms with E-state index in [9.17, 15) is 9.59 Å². The second kappa shape index (κ2) is 2.55. The molecule has 0 fully saturated rings. The van der Waals surface area contributed by atoms with Crippen molar-refractivity contribution < 1.29 is 9.59 Å². The van der Waals surface area contributed by atoms with Gasteiger partial charge in [-0.15, -0.1) is 0 Å². The van der Waals surface area contributed by atoms with E-state index in [0.29, 0.717) is 12.0 Å². The number of fused-ring (bicyclic) bond motifs is 1. The molecular formula is C10H8O2. The molecule has 0 aromatic heterocycles. The largest absolute Gasteiger partial charge is 0.298 e. The minimum atomic E-state index is 0.161. The fraction of sp³-hybridized carbons (Fsp3) is 0.200. The lowest BCUT2D eigenvalue weighted by Gasteiger charge is -1.98. The molecule has 0 heterocycles. The molecule has 1 aromatic rings. The van der Waals surface area contributed by atoms with Crippen molar-refractivity contribution in [2.45, 2.75) is 12.8 Å². The Morgan fingerprint density at radius 2 is 2.08 bits per heavy atom. The number of Topliss-reactive ketones (excluding diaryl/α,β-unsaturated/α-hetero) is 1. The molecule has 1 aromatic carbocycles. The highest BCUT2D eigenvalue weighted by Crippen LogP contribution is 2.23. The van der Waals surface area contributed by atoms with Crippen molar-refractivity contribution in [3.05, 3.63) is 34.9 Å². The Kier molecular flexibility index (Phi) is 1.54. The van der Waals surface area contributed by atoms with E-state index < -0.39 is 0 Å². The van der Waals surface area contributed by atoms with E-state index in [1.165, 1.54) is 0 Å². The number of carbonyl (C=O) groups is 2. The zero-order chi connectivity index (χ0) is 8.55. The van der Waals surface area contributed by atoms with Crippen LogP contribution in [0.3, 0.4) is 0 Å². The van der Waals surface area contributed by atoms with Crippen LogP contribution >= 0.6 is 0 Å². The summed E-state index contributed by atoms with van der Waals surface area (Å²) >= 11 is 0. The molecule has 0 amide bonds. The maximum atomic E-state index is 11.2. The molecule has 1 aliphatic rings. The van der Waals surface area contributed by atoms with Crippen molar-refractivity contribution in [2.75, 3.05) is 0 Å². The minimum absolute atomic E-state index is 0.161. The first-order chi connectivity index (χ1) is 5.83. The van der Waals surface area contributed by atoms with Crippen LogP contribution in [0.15, 0.2) is 18.2 Å². The summed E-state index contributed by atoms with van der Waals surface area (Å²) in [6.45, 7) is 0. The van der Waals surface area contributed by atoms with Crippen LogP contribution in [0.4, 0.5) is 0 Å². The molecule has 0 atom stereocenters. The zero-order valence-corrected chi connectivity index (χ0v) is 6.54. The van der Waals surface area contributed by atoms with E-state index in [-0.39, 0.29) is 5.78 Å². The van der Waals surface area contributed by atoms with E-state index in [4.69, 9.17) is 0 Å². The van der Waals surface area contributed by atoms with Crippen LogP contribution in [0.2, 0.25) is 0 Å². The Balaban J connectivity index is 2.65. The third-order valence-electron chi connectivity index (χ3n) is 2.24. The molecule has 0 radical (unpaired) electrons. The predicted octanol–water partition coefficient (Wildman–Crippen LogP) is 1.63. The fourth-order valence-corrected chi connectivity index (χ4v) is 1.63. The fourth-order valence-electron chi connectivity index (χ4n) is 1.63. The average Bonchev–Trinajstić information content (AvgIpc) is 2.48. The number of carbonyl (C=O) groups excluding carboxylic acids is 2. The summed E-state index contributed by atoms with van der Waals surface area (Å²) in [6.07, 6.45) is 2.10. The maximum absolute atomic E-state index is 11.2. The van der Waals surface area contributed by atoms with Crippen LogP contribution in [0, 0.1) is 0 Å². The number of benzene rings is 1. The monoisotopic (exact) mass is 160 g/mol. The van der Waals surface area contributed by atoms with Crippen molar-refractivity contribution in [1.29, 1.82) is 0 Å². The summed E-state index contributed by atoms with van der Waals surface area (Å²) in [5, 5.41) is 0. The maximum Gasteiger partial charge on any atom is 0.163 e. The molecule has 0 bridgehead atoms. The lowest BCUT2D eigenvalue weighted by Crippen LogP contribution is -1.93.